The Morgan fingerprint density at radius 3 is 2.16 bits per heavy atom. The topological polar surface area (TPSA) is 26.3 Å². The molecule has 0 saturated heterocycles. The van der Waals surface area contributed by atoms with Crippen LogP contribution < -0.4 is 0 Å². The van der Waals surface area contributed by atoms with Crippen LogP contribution in [0.5, 0.6) is 0 Å². The molecule has 2 nitrogen and oxygen atoms in total. The van der Waals surface area contributed by atoms with Crippen molar-refractivity contribution in [3.05, 3.63) is 0 Å². The summed E-state index contributed by atoms with van der Waals surface area (Å²) in [4.78, 5) is 11.9. The lowest BCUT2D eigenvalue weighted by Gasteiger charge is -2.20. The molecule has 4 heteroatoms. The third-order valence-corrected chi connectivity index (χ3v) is 4.39. The van der Waals surface area contributed by atoms with Crippen LogP contribution >= 0.6 is 11.8 Å². The summed E-state index contributed by atoms with van der Waals surface area (Å²) in [5, 5.41) is -0.0618. The summed E-state index contributed by atoms with van der Waals surface area (Å²) in [6, 6.07) is 0. The minimum Gasteiger partial charge on any atom is -0.462 e. The lowest BCUT2D eigenvalue weighted by atomic mass is 10.1. The zero-order chi connectivity index (χ0) is 14.7. The fourth-order valence-corrected chi connectivity index (χ4v) is 2.97. The van der Waals surface area contributed by atoms with E-state index in [2.05, 4.69) is 13.8 Å². The standard InChI is InChI=1S/C15H29FO2S/c1-12(2)14(15(17)18-13(3)4)19-11-9-7-5-6-8-10-16/h12-14H,5-11H2,1-4H3. The molecule has 0 radical (unpaired) electrons. The number of carbonyl (C=O) groups excluding carboxylic acids is 1. The molecule has 0 N–H and O–H groups in total. The third-order valence-electron chi connectivity index (χ3n) is 2.77. The minimum atomic E-state index is -0.203. The van der Waals surface area contributed by atoms with E-state index in [1.165, 1.54) is 0 Å². The molecule has 0 fully saturated rings. The van der Waals surface area contributed by atoms with Gasteiger partial charge in [0.2, 0.25) is 0 Å². The molecule has 114 valence electrons. The van der Waals surface area contributed by atoms with E-state index < -0.39 is 0 Å². The lowest BCUT2D eigenvalue weighted by Crippen LogP contribution is -2.28. The molecule has 0 aromatic rings. The number of hydrogen-bond donors (Lipinski definition) is 0. The van der Waals surface area contributed by atoms with E-state index in [-0.39, 0.29) is 24.0 Å². The van der Waals surface area contributed by atoms with Crippen molar-refractivity contribution in [2.45, 2.75) is 71.2 Å². The van der Waals surface area contributed by atoms with Gasteiger partial charge in [0.25, 0.3) is 0 Å². The van der Waals surface area contributed by atoms with Gasteiger partial charge in [-0.25, -0.2) is 0 Å². The molecule has 0 aliphatic carbocycles. The lowest BCUT2D eigenvalue weighted by molar-refractivity contribution is -0.147. The molecular weight excluding hydrogens is 263 g/mol. The first kappa shape index (κ1) is 18.8. The Labute approximate surface area is 121 Å². The summed E-state index contributed by atoms with van der Waals surface area (Å²) in [6.07, 6.45) is 4.92. The predicted molar refractivity (Wildman–Crippen MR) is 81.4 cm³/mol. The second-order valence-corrected chi connectivity index (χ2v) is 6.73. The summed E-state index contributed by atoms with van der Waals surface area (Å²) < 4.78 is 17.2. The average Bonchev–Trinajstić information content (AvgIpc) is 2.31. The zero-order valence-electron chi connectivity index (χ0n) is 12.8. The van der Waals surface area contributed by atoms with Crippen LogP contribution in [0.3, 0.4) is 0 Å². The van der Waals surface area contributed by atoms with E-state index in [1.807, 2.05) is 13.8 Å². The Morgan fingerprint density at radius 1 is 1.05 bits per heavy atom. The van der Waals surface area contributed by atoms with Crippen LogP contribution in [0.2, 0.25) is 0 Å². The van der Waals surface area contributed by atoms with Gasteiger partial charge in [-0.05, 0) is 38.4 Å². The number of unbranched alkanes of at least 4 members (excludes halogenated alkanes) is 4. The number of rotatable bonds is 11. The van der Waals surface area contributed by atoms with E-state index in [0.717, 1.165) is 31.4 Å². The van der Waals surface area contributed by atoms with Gasteiger partial charge in [0, 0.05) is 0 Å². The van der Waals surface area contributed by atoms with Crippen LogP contribution in [-0.2, 0) is 9.53 Å². The van der Waals surface area contributed by atoms with Gasteiger partial charge in [-0.1, -0.05) is 33.1 Å². The van der Waals surface area contributed by atoms with Crippen LogP contribution in [0.25, 0.3) is 0 Å². The Balaban J connectivity index is 3.80. The van der Waals surface area contributed by atoms with Crippen LogP contribution in [-0.4, -0.2) is 29.8 Å². The van der Waals surface area contributed by atoms with E-state index >= 15 is 0 Å². The van der Waals surface area contributed by atoms with Gasteiger partial charge >= 0.3 is 5.97 Å². The Kier molecular flexibility index (Phi) is 11.4. The highest BCUT2D eigenvalue weighted by Crippen LogP contribution is 2.23. The summed E-state index contributed by atoms with van der Waals surface area (Å²) >= 11 is 1.69. The number of carbonyl (C=O) groups is 1. The molecule has 0 aliphatic rings. The molecule has 0 saturated carbocycles. The second-order valence-electron chi connectivity index (χ2n) is 5.48. The van der Waals surface area contributed by atoms with Crippen molar-refractivity contribution in [1.82, 2.24) is 0 Å². The van der Waals surface area contributed by atoms with Crippen molar-refractivity contribution in [1.29, 1.82) is 0 Å². The third kappa shape index (κ3) is 10.2. The van der Waals surface area contributed by atoms with E-state index in [9.17, 15) is 9.18 Å². The van der Waals surface area contributed by atoms with E-state index in [0.29, 0.717) is 12.3 Å². The van der Waals surface area contributed by atoms with Crippen LogP contribution in [0.4, 0.5) is 4.39 Å². The maximum Gasteiger partial charge on any atom is 0.319 e. The molecular formula is C15H29FO2S. The molecule has 0 heterocycles. The molecule has 0 bridgehead atoms. The van der Waals surface area contributed by atoms with Crippen LogP contribution in [0.15, 0.2) is 0 Å². The van der Waals surface area contributed by atoms with Crippen molar-refractivity contribution in [2.75, 3.05) is 12.4 Å². The molecule has 0 aliphatic heterocycles. The maximum atomic E-state index is 11.9. The molecule has 0 aromatic carbocycles. The molecule has 1 atom stereocenters. The average molecular weight is 292 g/mol. The maximum absolute atomic E-state index is 11.9. The molecule has 19 heavy (non-hydrogen) atoms. The first-order valence-electron chi connectivity index (χ1n) is 7.37. The van der Waals surface area contributed by atoms with Crippen molar-refractivity contribution < 1.29 is 13.9 Å². The first-order valence-corrected chi connectivity index (χ1v) is 8.42. The van der Waals surface area contributed by atoms with Crippen molar-refractivity contribution in [3.63, 3.8) is 0 Å². The van der Waals surface area contributed by atoms with Crippen molar-refractivity contribution in [2.24, 2.45) is 5.92 Å². The second kappa shape index (κ2) is 11.6. The summed E-state index contributed by atoms with van der Waals surface area (Å²) in [5.74, 6) is 1.18. The highest BCUT2D eigenvalue weighted by atomic mass is 32.2. The number of hydrogen-bond acceptors (Lipinski definition) is 3. The van der Waals surface area contributed by atoms with E-state index in [4.69, 9.17) is 4.74 Å². The van der Waals surface area contributed by atoms with Gasteiger partial charge in [0.1, 0.15) is 5.25 Å². The molecule has 0 amide bonds. The van der Waals surface area contributed by atoms with Gasteiger partial charge in [-0.2, -0.15) is 0 Å². The normalized spacial score (nSPS) is 13.0. The zero-order valence-corrected chi connectivity index (χ0v) is 13.6. The number of esters is 1. The highest BCUT2D eigenvalue weighted by Gasteiger charge is 2.24. The fourth-order valence-electron chi connectivity index (χ4n) is 1.77. The monoisotopic (exact) mass is 292 g/mol. The minimum absolute atomic E-state index is 0.0462. The van der Waals surface area contributed by atoms with Crippen molar-refractivity contribution >= 4 is 17.7 Å². The van der Waals surface area contributed by atoms with Crippen molar-refractivity contribution in [3.8, 4) is 0 Å². The molecule has 0 aromatic heterocycles. The fraction of sp³-hybridized carbons (Fsp3) is 0.933. The number of alkyl halides is 1. The van der Waals surface area contributed by atoms with Crippen LogP contribution in [0.1, 0.15) is 59.8 Å². The summed E-state index contributed by atoms with van der Waals surface area (Å²) in [7, 11) is 0. The summed E-state index contributed by atoms with van der Waals surface area (Å²) in [5.41, 5.74) is 0. The quantitative estimate of drug-likeness (QED) is 0.411. The highest BCUT2D eigenvalue weighted by molar-refractivity contribution is 8.00. The Hall–Kier alpha value is -0.250. The smallest absolute Gasteiger partial charge is 0.319 e. The van der Waals surface area contributed by atoms with Crippen LogP contribution in [0, 0.1) is 5.92 Å². The number of ether oxygens (including phenoxy) is 1. The number of thioether (sulfide) groups is 1. The van der Waals surface area contributed by atoms with Gasteiger partial charge in [0.05, 0.1) is 12.8 Å². The van der Waals surface area contributed by atoms with Gasteiger partial charge < -0.3 is 4.74 Å². The van der Waals surface area contributed by atoms with Gasteiger partial charge in [0.15, 0.2) is 0 Å². The molecule has 0 rings (SSSR count). The SMILES string of the molecule is CC(C)OC(=O)C(SCCCCCCCF)C(C)C. The largest absolute Gasteiger partial charge is 0.462 e. The van der Waals surface area contributed by atoms with E-state index in [1.54, 1.807) is 11.8 Å². The molecule has 0 spiro atoms. The van der Waals surface area contributed by atoms with Gasteiger partial charge in [-0.15, -0.1) is 11.8 Å². The summed E-state index contributed by atoms with van der Waals surface area (Å²) in [6.45, 7) is 7.67. The van der Waals surface area contributed by atoms with Gasteiger partial charge in [-0.3, -0.25) is 9.18 Å². The Morgan fingerprint density at radius 2 is 1.63 bits per heavy atom. The molecule has 1 unspecified atom stereocenters. The first-order chi connectivity index (χ1) is 8.99. The number of halogens is 1. The Bertz CT molecular complexity index is 232. The predicted octanol–water partition coefficient (Wildman–Crippen LogP) is 4.62.